The minimum Gasteiger partial charge on any atom is -0.425 e. The number of rotatable bonds is 6. The molecule has 0 radical (unpaired) electrons. The van der Waals surface area contributed by atoms with E-state index < -0.39 is 8.60 Å². The van der Waals surface area contributed by atoms with Gasteiger partial charge in [-0.2, -0.15) is 0 Å². The van der Waals surface area contributed by atoms with Gasteiger partial charge in [0.05, 0.1) is 18.9 Å². The van der Waals surface area contributed by atoms with Gasteiger partial charge in [0.15, 0.2) is 5.75 Å². The molecule has 0 amide bonds. The molecule has 0 aliphatic heterocycles. The van der Waals surface area contributed by atoms with E-state index in [9.17, 15) is 0 Å². The molecule has 0 atom stereocenters. The molecule has 0 saturated carbocycles. The third kappa shape index (κ3) is 4.04. The maximum Gasteiger partial charge on any atom is 0.397 e. The summed E-state index contributed by atoms with van der Waals surface area (Å²) in [5.74, 6) is 0.602. The molecular weight excluding hydrogens is 213 g/mol. The first-order valence-corrected chi connectivity index (χ1v) is 5.95. The highest BCUT2D eigenvalue weighted by Gasteiger charge is 2.14. The van der Waals surface area contributed by atoms with Crippen LogP contribution in [0.2, 0.25) is 0 Å². The van der Waals surface area contributed by atoms with Crippen molar-refractivity contribution in [3.8, 4) is 5.75 Å². The van der Waals surface area contributed by atoms with Crippen molar-refractivity contribution in [2.24, 2.45) is 0 Å². The summed E-state index contributed by atoms with van der Waals surface area (Å²) < 4.78 is 16.1. The van der Waals surface area contributed by atoms with Gasteiger partial charge in [0.2, 0.25) is 0 Å². The highest BCUT2D eigenvalue weighted by molar-refractivity contribution is 7.42. The van der Waals surface area contributed by atoms with Crippen molar-refractivity contribution in [2.75, 3.05) is 18.9 Å². The van der Waals surface area contributed by atoms with Crippen LogP contribution in [0.5, 0.6) is 5.75 Å². The van der Waals surface area contributed by atoms with Crippen molar-refractivity contribution in [3.05, 3.63) is 24.3 Å². The lowest BCUT2D eigenvalue weighted by molar-refractivity contribution is 0.221. The van der Waals surface area contributed by atoms with E-state index in [1.165, 1.54) is 0 Å². The normalized spacial score (nSPS) is 10.6. The van der Waals surface area contributed by atoms with Crippen LogP contribution in [0.25, 0.3) is 0 Å². The SMILES string of the molecule is CCOP(OCC)Oc1ccccc1N. The maximum absolute atomic E-state index is 5.74. The number of para-hydroxylation sites is 2. The summed E-state index contributed by atoms with van der Waals surface area (Å²) >= 11 is 0. The number of nitrogens with two attached hydrogens (primary N) is 1. The second kappa shape index (κ2) is 6.62. The van der Waals surface area contributed by atoms with E-state index in [1.54, 1.807) is 12.1 Å². The van der Waals surface area contributed by atoms with Gasteiger partial charge in [-0.05, 0) is 26.0 Å². The molecule has 0 saturated heterocycles. The fraction of sp³-hybridized carbons (Fsp3) is 0.400. The molecule has 1 aromatic rings. The van der Waals surface area contributed by atoms with E-state index in [-0.39, 0.29) is 0 Å². The first kappa shape index (κ1) is 12.2. The van der Waals surface area contributed by atoms with Crippen molar-refractivity contribution < 1.29 is 13.6 Å². The Hall–Kier alpha value is -0.830. The van der Waals surface area contributed by atoms with Crippen LogP contribution in [0.1, 0.15) is 13.8 Å². The Morgan fingerprint density at radius 3 is 2.27 bits per heavy atom. The summed E-state index contributed by atoms with van der Waals surface area (Å²) in [5.41, 5.74) is 6.32. The average molecular weight is 229 g/mol. The molecule has 1 aromatic carbocycles. The molecule has 0 spiro atoms. The summed E-state index contributed by atoms with van der Waals surface area (Å²) in [7, 11) is -1.33. The standard InChI is InChI=1S/C10H16NO3P/c1-3-12-15(13-4-2)14-10-8-6-5-7-9(10)11/h5-8H,3-4,11H2,1-2H3. The van der Waals surface area contributed by atoms with Gasteiger partial charge < -0.3 is 19.3 Å². The fourth-order valence-electron chi connectivity index (χ4n) is 0.945. The summed E-state index contributed by atoms with van der Waals surface area (Å²) in [6.07, 6.45) is 0. The lowest BCUT2D eigenvalue weighted by Crippen LogP contribution is -1.99. The smallest absolute Gasteiger partial charge is 0.397 e. The van der Waals surface area contributed by atoms with Gasteiger partial charge in [-0.3, -0.25) is 0 Å². The van der Waals surface area contributed by atoms with Crippen LogP contribution in [0.15, 0.2) is 24.3 Å². The predicted octanol–water partition coefficient (Wildman–Crippen LogP) is 2.95. The molecule has 5 heteroatoms. The maximum atomic E-state index is 5.74. The molecule has 2 N–H and O–H groups in total. The molecule has 0 aliphatic rings. The molecule has 0 unspecified atom stereocenters. The molecule has 15 heavy (non-hydrogen) atoms. The topological polar surface area (TPSA) is 53.7 Å². The number of hydrogen-bond donors (Lipinski definition) is 1. The summed E-state index contributed by atoms with van der Waals surface area (Å²) in [6.45, 7) is 4.90. The van der Waals surface area contributed by atoms with Gasteiger partial charge in [0, 0.05) is 0 Å². The van der Waals surface area contributed by atoms with Gasteiger partial charge in [0.1, 0.15) is 0 Å². The first-order chi connectivity index (χ1) is 7.27. The highest BCUT2D eigenvalue weighted by atomic mass is 31.2. The van der Waals surface area contributed by atoms with E-state index in [1.807, 2.05) is 26.0 Å². The van der Waals surface area contributed by atoms with Gasteiger partial charge in [-0.1, -0.05) is 12.1 Å². The van der Waals surface area contributed by atoms with Crippen LogP contribution in [0.4, 0.5) is 5.69 Å². The Kier molecular flexibility index (Phi) is 5.40. The van der Waals surface area contributed by atoms with Crippen LogP contribution >= 0.6 is 8.60 Å². The molecule has 0 heterocycles. The van der Waals surface area contributed by atoms with Crippen molar-refractivity contribution in [1.82, 2.24) is 0 Å². The van der Waals surface area contributed by atoms with Crippen molar-refractivity contribution >= 4 is 14.3 Å². The largest absolute Gasteiger partial charge is 0.425 e. The fourth-order valence-corrected chi connectivity index (χ4v) is 1.87. The molecule has 0 aromatic heterocycles. The predicted molar refractivity (Wildman–Crippen MR) is 61.7 cm³/mol. The molecular formula is C10H16NO3P. The summed E-state index contributed by atoms with van der Waals surface area (Å²) in [4.78, 5) is 0. The van der Waals surface area contributed by atoms with Crippen molar-refractivity contribution in [2.45, 2.75) is 13.8 Å². The van der Waals surface area contributed by atoms with E-state index in [2.05, 4.69) is 0 Å². The van der Waals surface area contributed by atoms with Crippen molar-refractivity contribution in [1.29, 1.82) is 0 Å². The van der Waals surface area contributed by atoms with Crippen LogP contribution in [-0.4, -0.2) is 13.2 Å². The third-order valence-corrected chi connectivity index (χ3v) is 2.84. The Balaban J connectivity index is 2.60. The molecule has 0 aliphatic carbocycles. The quantitative estimate of drug-likeness (QED) is 0.601. The lowest BCUT2D eigenvalue weighted by Gasteiger charge is -2.16. The molecule has 0 bridgehead atoms. The number of benzene rings is 1. The monoisotopic (exact) mass is 229 g/mol. The number of hydrogen-bond acceptors (Lipinski definition) is 4. The molecule has 1 rings (SSSR count). The van der Waals surface area contributed by atoms with Gasteiger partial charge in [-0.15, -0.1) is 0 Å². The summed E-state index contributed by atoms with van der Waals surface area (Å²) in [6, 6.07) is 7.28. The van der Waals surface area contributed by atoms with Crippen molar-refractivity contribution in [3.63, 3.8) is 0 Å². The molecule has 84 valence electrons. The van der Waals surface area contributed by atoms with Gasteiger partial charge >= 0.3 is 8.60 Å². The van der Waals surface area contributed by atoms with E-state index in [0.29, 0.717) is 24.7 Å². The van der Waals surface area contributed by atoms with E-state index in [4.69, 9.17) is 19.3 Å². The molecule has 4 nitrogen and oxygen atoms in total. The number of nitrogen functional groups attached to an aromatic ring is 1. The first-order valence-electron chi connectivity index (χ1n) is 4.86. The second-order valence-corrected chi connectivity index (χ2v) is 3.83. The lowest BCUT2D eigenvalue weighted by atomic mass is 10.3. The average Bonchev–Trinajstić information content (AvgIpc) is 2.22. The molecule has 0 fully saturated rings. The van der Waals surface area contributed by atoms with Gasteiger partial charge in [0.25, 0.3) is 0 Å². The van der Waals surface area contributed by atoms with E-state index in [0.717, 1.165) is 0 Å². The highest BCUT2D eigenvalue weighted by Crippen LogP contribution is 2.41. The minimum atomic E-state index is -1.33. The zero-order chi connectivity index (χ0) is 11.1. The zero-order valence-corrected chi connectivity index (χ0v) is 9.87. The van der Waals surface area contributed by atoms with E-state index >= 15 is 0 Å². The number of anilines is 1. The third-order valence-electron chi connectivity index (χ3n) is 1.56. The Labute approximate surface area is 91.3 Å². The zero-order valence-electron chi connectivity index (χ0n) is 8.97. The Bertz CT molecular complexity index is 290. The van der Waals surface area contributed by atoms with Crippen LogP contribution in [-0.2, 0) is 9.05 Å². The Morgan fingerprint density at radius 2 is 1.73 bits per heavy atom. The van der Waals surface area contributed by atoms with Crippen LogP contribution in [0.3, 0.4) is 0 Å². The second-order valence-electron chi connectivity index (χ2n) is 2.69. The van der Waals surface area contributed by atoms with Crippen LogP contribution in [0, 0.1) is 0 Å². The van der Waals surface area contributed by atoms with Gasteiger partial charge in [-0.25, -0.2) is 0 Å². The minimum absolute atomic E-state index is 0.554. The van der Waals surface area contributed by atoms with Crippen LogP contribution < -0.4 is 10.3 Å². The summed E-state index contributed by atoms with van der Waals surface area (Å²) in [5, 5.41) is 0. The Morgan fingerprint density at radius 1 is 1.13 bits per heavy atom.